The van der Waals surface area contributed by atoms with E-state index in [0.29, 0.717) is 17.2 Å². The Bertz CT molecular complexity index is 372. The first kappa shape index (κ1) is 12.1. The number of aromatic nitrogens is 1. The van der Waals surface area contributed by atoms with Gasteiger partial charge in [0.15, 0.2) is 5.15 Å². The Morgan fingerprint density at radius 3 is 3.06 bits per heavy atom. The lowest BCUT2D eigenvalue weighted by molar-refractivity contribution is 0.409. The van der Waals surface area contributed by atoms with Crippen LogP contribution in [-0.2, 0) is 0 Å². The number of hydrogen-bond acceptors (Lipinski definition) is 3. The van der Waals surface area contributed by atoms with E-state index in [0.717, 1.165) is 29.4 Å². The van der Waals surface area contributed by atoms with Crippen molar-refractivity contribution in [3.8, 4) is 0 Å². The molecule has 1 aliphatic rings. The molecule has 0 spiro atoms. The molecule has 1 aromatic heterocycles. The maximum Gasteiger partial charge on any atom is 0.152 e. The lowest BCUT2D eigenvalue weighted by atomic mass is 9.91. The summed E-state index contributed by atoms with van der Waals surface area (Å²) in [7, 11) is 0. The maximum absolute atomic E-state index is 6.03. The fourth-order valence-electron chi connectivity index (χ4n) is 2.10. The molecule has 0 saturated heterocycles. The summed E-state index contributed by atoms with van der Waals surface area (Å²) in [5.41, 5.74) is 6.83. The minimum atomic E-state index is 0.310. The summed E-state index contributed by atoms with van der Waals surface area (Å²) in [4.78, 5) is 4.09. The fourth-order valence-corrected chi connectivity index (χ4v) is 2.59. The van der Waals surface area contributed by atoms with Crippen molar-refractivity contribution in [1.82, 2.24) is 4.98 Å². The Morgan fingerprint density at radius 1 is 1.50 bits per heavy atom. The quantitative estimate of drug-likeness (QED) is 0.825. The zero-order valence-electron chi connectivity index (χ0n) is 8.92. The van der Waals surface area contributed by atoms with E-state index in [2.05, 4.69) is 26.2 Å². The summed E-state index contributed by atoms with van der Waals surface area (Å²) in [5.74, 6) is 0. The predicted molar refractivity (Wildman–Crippen MR) is 70.8 cm³/mol. The Kier molecular flexibility index (Phi) is 4.05. The summed E-state index contributed by atoms with van der Waals surface area (Å²) in [6.07, 6.45) is 6.15. The number of anilines is 1. The van der Waals surface area contributed by atoms with Crippen molar-refractivity contribution in [2.24, 2.45) is 5.73 Å². The maximum atomic E-state index is 6.03. The first-order valence-electron chi connectivity index (χ1n) is 5.48. The van der Waals surface area contributed by atoms with Gasteiger partial charge in [-0.3, -0.25) is 0 Å². The van der Waals surface area contributed by atoms with E-state index in [1.54, 1.807) is 6.20 Å². The largest absolute Gasteiger partial charge is 0.380 e. The molecule has 0 amide bonds. The molecule has 2 unspecified atom stereocenters. The summed E-state index contributed by atoms with van der Waals surface area (Å²) in [6, 6.07) is 2.68. The smallest absolute Gasteiger partial charge is 0.152 e. The van der Waals surface area contributed by atoms with Crippen molar-refractivity contribution >= 4 is 33.2 Å². The lowest BCUT2D eigenvalue weighted by Crippen LogP contribution is -2.34. The van der Waals surface area contributed by atoms with E-state index < -0.39 is 0 Å². The number of nitrogens with zero attached hydrogens (tertiary/aromatic N) is 1. The van der Waals surface area contributed by atoms with Gasteiger partial charge in [-0.25, -0.2) is 4.98 Å². The van der Waals surface area contributed by atoms with Gasteiger partial charge in [-0.15, -0.1) is 0 Å². The lowest BCUT2D eigenvalue weighted by Gasteiger charge is -2.28. The van der Waals surface area contributed by atoms with E-state index in [1.807, 2.05) is 6.07 Å². The summed E-state index contributed by atoms with van der Waals surface area (Å²) < 4.78 is 0.930. The van der Waals surface area contributed by atoms with Crippen LogP contribution in [0.3, 0.4) is 0 Å². The van der Waals surface area contributed by atoms with Crippen molar-refractivity contribution in [3.05, 3.63) is 21.9 Å². The van der Waals surface area contributed by atoms with Gasteiger partial charge in [-0.1, -0.05) is 11.6 Å². The van der Waals surface area contributed by atoms with Crippen LogP contribution in [0.1, 0.15) is 25.7 Å². The summed E-state index contributed by atoms with van der Waals surface area (Å²) >= 11 is 9.41. The van der Waals surface area contributed by atoms with Crippen LogP contribution in [0.4, 0.5) is 5.69 Å². The Labute approximate surface area is 109 Å². The van der Waals surface area contributed by atoms with Gasteiger partial charge in [0.05, 0.1) is 5.69 Å². The van der Waals surface area contributed by atoms with Crippen LogP contribution in [0.15, 0.2) is 16.7 Å². The molecule has 1 fully saturated rings. The average Bonchev–Trinajstić information content (AvgIpc) is 2.24. The monoisotopic (exact) mass is 303 g/mol. The van der Waals surface area contributed by atoms with Gasteiger partial charge >= 0.3 is 0 Å². The van der Waals surface area contributed by atoms with Crippen molar-refractivity contribution in [2.75, 3.05) is 5.32 Å². The predicted octanol–water partition coefficient (Wildman–Crippen LogP) is 3.18. The molecule has 2 atom stereocenters. The summed E-state index contributed by atoms with van der Waals surface area (Å²) in [5, 5.41) is 3.93. The second kappa shape index (κ2) is 5.34. The van der Waals surface area contributed by atoms with Gasteiger partial charge in [-0.05, 0) is 47.7 Å². The van der Waals surface area contributed by atoms with Crippen LogP contribution in [0.25, 0.3) is 0 Å². The van der Waals surface area contributed by atoms with E-state index in [4.69, 9.17) is 17.3 Å². The Morgan fingerprint density at radius 2 is 2.31 bits per heavy atom. The minimum Gasteiger partial charge on any atom is -0.380 e. The molecule has 1 heterocycles. The molecule has 5 heteroatoms. The van der Waals surface area contributed by atoms with Crippen LogP contribution < -0.4 is 11.1 Å². The summed E-state index contributed by atoms with van der Waals surface area (Å²) in [6.45, 7) is 0. The zero-order valence-corrected chi connectivity index (χ0v) is 11.3. The fraction of sp³-hybridized carbons (Fsp3) is 0.545. The highest BCUT2D eigenvalue weighted by molar-refractivity contribution is 9.10. The minimum absolute atomic E-state index is 0.310. The van der Waals surface area contributed by atoms with E-state index in [1.165, 1.54) is 6.42 Å². The third kappa shape index (κ3) is 3.09. The van der Waals surface area contributed by atoms with E-state index >= 15 is 0 Å². The third-order valence-electron chi connectivity index (χ3n) is 2.88. The molecular weight excluding hydrogens is 289 g/mol. The molecule has 3 nitrogen and oxygen atoms in total. The van der Waals surface area contributed by atoms with Gasteiger partial charge in [0.25, 0.3) is 0 Å². The normalized spacial score (nSPS) is 25.4. The molecule has 16 heavy (non-hydrogen) atoms. The molecule has 0 aromatic carbocycles. The molecule has 0 radical (unpaired) electrons. The number of nitrogens with one attached hydrogen (secondary N) is 1. The number of nitrogens with two attached hydrogens (primary N) is 1. The molecule has 1 saturated carbocycles. The van der Waals surface area contributed by atoms with Crippen molar-refractivity contribution < 1.29 is 0 Å². The van der Waals surface area contributed by atoms with Crippen LogP contribution in [0.5, 0.6) is 0 Å². The van der Waals surface area contributed by atoms with Crippen molar-refractivity contribution in [1.29, 1.82) is 0 Å². The highest BCUT2D eigenvalue weighted by Crippen LogP contribution is 2.27. The average molecular weight is 305 g/mol. The van der Waals surface area contributed by atoms with Crippen LogP contribution in [0, 0.1) is 0 Å². The number of hydrogen-bond donors (Lipinski definition) is 2. The molecule has 0 aliphatic heterocycles. The second-order valence-electron chi connectivity index (χ2n) is 4.26. The molecule has 0 bridgehead atoms. The molecule has 2 rings (SSSR count). The van der Waals surface area contributed by atoms with Crippen molar-refractivity contribution in [2.45, 2.75) is 37.8 Å². The molecular formula is C11H15BrClN3. The van der Waals surface area contributed by atoms with Gasteiger partial charge in [0.1, 0.15) is 0 Å². The van der Waals surface area contributed by atoms with E-state index in [9.17, 15) is 0 Å². The first-order chi connectivity index (χ1) is 7.65. The van der Waals surface area contributed by atoms with Gasteiger partial charge in [0, 0.05) is 22.8 Å². The Balaban J connectivity index is 2.05. The SMILES string of the molecule is NC1CCCC(Nc2cc(Br)cnc2Cl)C1. The molecule has 3 N–H and O–H groups in total. The van der Waals surface area contributed by atoms with Gasteiger partial charge < -0.3 is 11.1 Å². The topological polar surface area (TPSA) is 50.9 Å². The van der Waals surface area contributed by atoms with Gasteiger partial charge in [0.2, 0.25) is 0 Å². The van der Waals surface area contributed by atoms with Crippen LogP contribution in [-0.4, -0.2) is 17.1 Å². The highest BCUT2D eigenvalue weighted by Gasteiger charge is 2.19. The van der Waals surface area contributed by atoms with Crippen LogP contribution >= 0.6 is 27.5 Å². The third-order valence-corrected chi connectivity index (χ3v) is 3.61. The number of halogens is 2. The molecule has 1 aromatic rings. The molecule has 88 valence electrons. The zero-order chi connectivity index (χ0) is 11.5. The number of pyridine rings is 1. The van der Waals surface area contributed by atoms with Crippen molar-refractivity contribution in [3.63, 3.8) is 0 Å². The number of rotatable bonds is 2. The second-order valence-corrected chi connectivity index (χ2v) is 5.53. The van der Waals surface area contributed by atoms with Gasteiger partial charge in [-0.2, -0.15) is 0 Å². The molecule has 1 aliphatic carbocycles. The standard InChI is InChI=1S/C11H15BrClN3/c12-7-4-10(11(13)15-6-7)16-9-3-1-2-8(14)5-9/h4,6,8-9,16H,1-3,5,14H2. The Hall–Kier alpha value is -0.320. The van der Waals surface area contributed by atoms with Crippen LogP contribution in [0.2, 0.25) is 5.15 Å². The first-order valence-corrected chi connectivity index (χ1v) is 6.65. The highest BCUT2D eigenvalue weighted by atomic mass is 79.9. The van der Waals surface area contributed by atoms with E-state index in [-0.39, 0.29) is 0 Å².